The van der Waals surface area contributed by atoms with Crippen molar-refractivity contribution < 1.29 is 33.6 Å². The van der Waals surface area contributed by atoms with Crippen molar-refractivity contribution in [2.24, 2.45) is 0 Å². The van der Waals surface area contributed by atoms with Crippen molar-refractivity contribution in [3.05, 3.63) is 104 Å². The van der Waals surface area contributed by atoms with E-state index in [1.54, 1.807) is 30.3 Å². The van der Waals surface area contributed by atoms with Gasteiger partial charge in [-0.15, -0.1) is 0 Å². The van der Waals surface area contributed by atoms with E-state index in [9.17, 15) is 29.3 Å². The molecule has 1 fully saturated rings. The van der Waals surface area contributed by atoms with Crippen LogP contribution in [0.2, 0.25) is 0 Å². The van der Waals surface area contributed by atoms with E-state index in [2.05, 4.69) is 21.2 Å². The van der Waals surface area contributed by atoms with Gasteiger partial charge in [0.15, 0.2) is 0 Å². The number of nitrogens with zero attached hydrogens (tertiary/aromatic N) is 2. The molecular weight excluding hydrogens is 574 g/mol. The Balaban J connectivity index is 1.64. The highest BCUT2D eigenvalue weighted by Crippen LogP contribution is 2.32. The molecule has 0 radical (unpaired) electrons. The minimum atomic E-state index is -0.946. The summed E-state index contributed by atoms with van der Waals surface area (Å²) in [6, 6.07) is 15.6. The van der Waals surface area contributed by atoms with Crippen molar-refractivity contribution in [3.8, 4) is 11.5 Å². The Kier molecular flexibility index (Phi) is 7.96. The van der Waals surface area contributed by atoms with Crippen molar-refractivity contribution in [2.45, 2.75) is 0 Å². The Hall–Kier alpha value is -5.10. The van der Waals surface area contributed by atoms with Gasteiger partial charge in [-0.05, 0) is 48.0 Å². The molecule has 39 heavy (non-hydrogen) atoms. The van der Waals surface area contributed by atoms with E-state index in [0.717, 1.165) is 11.0 Å². The second-order valence-corrected chi connectivity index (χ2v) is 8.83. The molecule has 0 saturated carbocycles. The summed E-state index contributed by atoms with van der Waals surface area (Å²) in [7, 11) is 1.38. The Labute approximate surface area is 229 Å². The number of urea groups is 1. The molecule has 0 aliphatic carbocycles. The van der Waals surface area contributed by atoms with Crippen LogP contribution in [0.1, 0.15) is 11.1 Å². The third-order valence-corrected chi connectivity index (χ3v) is 5.90. The number of nitro groups is 1. The summed E-state index contributed by atoms with van der Waals surface area (Å²) < 4.78 is 11.2. The van der Waals surface area contributed by atoms with Crippen molar-refractivity contribution in [1.29, 1.82) is 0 Å². The van der Waals surface area contributed by atoms with Gasteiger partial charge in [-0.25, -0.2) is 14.5 Å². The predicted molar refractivity (Wildman–Crippen MR) is 144 cm³/mol. The third kappa shape index (κ3) is 6.08. The second kappa shape index (κ2) is 11.5. The van der Waals surface area contributed by atoms with E-state index in [1.165, 1.54) is 55.7 Å². The topological polar surface area (TPSA) is 145 Å². The summed E-state index contributed by atoms with van der Waals surface area (Å²) in [5.41, 5.74) is 0.207. The van der Waals surface area contributed by atoms with Crippen LogP contribution in [0.15, 0.2) is 82.9 Å². The highest BCUT2D eigenvalue weighted by atomic mass is 79.9. The number of anilines is 1. The summed E-state index contributed by atoms with van der Waals surface area (Å²) in [5.74, 6) is -2.40. The van der Waals surface area contributed by atoms with Crippen molar-refractivity contribution >= 4 is 63.3 Å². The quantitative estimate of drug-likeness (QED) is 0.104. The van der Waals surface area contributed by atoms with Crippen LogP contribution in [0, 0.1) is 10.1 Å². The molecule has 4 amide bonds. The fraction of sp³-hybridized carbons (Fsp3) is 0.0370. The van der Waals surface area contributed by atoms with E-state index in [4.69, 9.17) is 9.47 Å². The second-order valence-electron chi connectivity index (χ2n) is 7.92. The van der Waals surface area contributed by atoms with Crippen LogP contribution >= 0.6 is 15.9 Å². The lowest BCUT2D eigenvalue weighted by molar-refractivity contribution is -0.384. The van der Waals surface area contributed by atoms with Gasteiger partial charge in [0.1, 0.15) is 17.1 Å². The molecule has 0 bridgehead atoms. The molecule has 4 rings (SSSR count). The Morgan fingerprint density at radius 1 is 1.03 bits per heavy atom. The number of hydrogen-bond acceptors (Lipinski definition) is 8. The number of esters is 1. The number of carbonyl (C=O) groups is 4. The number of amides is 4. The van der Waals surface area contributed by atoms with Crippen molar-refractivity contribution in [3.63, 3.8) is 0 Å². The number of rotatable bonds is 7. The molecule has 3 aromatic carbocycles. The number of non-ortho nitro benzene ring substituents is 1. The van der Waals surface area contributed by atoms with Gasteiger partial charge in [0.25, 0.3) is 17.5 Å². The fourth-order valence-electron chi connectivity index (χ4n) is 3.62. The van der Waals surface area contributed by atoms with Crippen LogP contribution in [0.25, 0.3) is 12.2 Å². The van der Waals surface area contributed by atoms with E-state index in [-0.39, 0.29) is 34.0 Å². The van der Waals surface area contributed by atoms with Crippen LogP contribution in [0.5, 0.6) is 11.5 Å². The molecule has 12 heteroatoms. The molecular formula is C27H18BrN3O8. The number of barbiturate groups is 1. The smallest absolute Gasteiger partial charge is 0.336 e. The zero-order valence-electron chi connectivity index (χ0n) is 20.1. The number of halogens is 1. The van der Waals surface area contributed by atoms with E-state index >= 15 is 0 Å². The number of hydrogen-bond donors (Lipinski definition) is 1. The summed E-state index contributed by atoms with van der Waals surface area (Å²) in [6.07, 6.45) is 3.63. The largest absolute Gasteiger partial charge is 0.495 e. The van der Waals surface area contributed by atoms with Gasteiger partial charge in [-0.3, -0.25) is 25.0 Å². The van der Waals surface area contributed by atoms with E-state index in [0.29, 0.717) is 10.0 Å². The highest BCUT2D eigenvalue weighted by molar-refractivity contribution is 9.10. The number of ether oxygens (including phenoxy) is 2. The van der Waals surface area contributed by atoms with Gasteiger partial charge in [-0.2, -0.15) is 0 Å². The Bertz CT molecular complexity index is 1580. The number of nitro benzene ring substituents is 1. The number of methoxy groups -OCH3 is 1. The lowest BCUT2D eigenvalue weighted by Crippen LogP contribution is -2.54. The predicted octanol–water partition coefficient (Wildman–Crippen LogP) is 4.65. The maximum atomic E-state index is 13.3. The van der Waals surface area contributed by atoms with Gasteiger partial charge in [0.2, 0.25) is 0 Å². The van der Waals surface area contributed by atoms with E-state index < -0.39 is 28.7 Å². The molecule has 0 aromatic heterocycles. The average Bonchev–Trinajstić information content (AvgIpc) is 2.91. The van der Waals surface area contributed by atoms with Gasteiger partial charge in [0, 0.05) is 28.2 Å². The molecule has 0 unspecified atom stereocenters. The monoisotopic (exact) mass is 591 g/mol. The molecule has 1 N–H and O–H groups in total. The van der Waals surface area contributed by atoms with Gasteiger partial charge in [0.05, 0.1) is 17.7 Å². The zero-order chi connectivity index (χ0) is 28.1. The molecule has 3 aromatic rings. The highest BCUT2D eigenvalue weighted by Gasteiger charge is 2.38. The first kappa shape index (κ1) is 26.9. The maximum absolute atomic E-state index is 13.3. The Morgan fingerprint density at radius 3 is 2.54 bits per heavy atom. The van der Waals surface area contributed by atoms with Crippen LogP contribution in [-0.2, 0) is 14.4 Å². The number of imide groups is 2. The average molecular weight is 592 g/mol. The van der Waals surface area contributed by atoms with Crippen LogP contribution in [0.3, 0.4) is 0 Å². The van der Waals surface area contributed by atoms with Crippen LogP contribution in [0.4, 0.5) is 16.2 Å². The molecule has 1 aliphatic heterocycles. The van der Waals surface area contributed by atoms with Gasteiger partial charge in [-0.1, -0.05) is 40.2 Å². The first-order valence-corrected chi connectivity index (χ1v) is 12.0. The minimum Gasteiger partial charge on any atom is -0.495 e. The van der Waals surface area contributed by atoms with Gasteiger partial charge < -0.3 is 9.47 Å². The zero-order valence-corrected chi connectivity index (χ0v) is 21.7. The summed E-state index contributed by atoms with van der Waals surface area (Å²) in [4.78, 5) is 62.2. The summed E-state index contributed by atoms with van der Waals surface area (Å²) in [6.45, 7) is 0. The lowest BCUT2D eigenvalue weighted by Gasteiger charge is -2.27. The maximum Gasteiger partial charge on any atom is 0.336 e. The number of para-hydroxylation sites is 2. The lowest BCUT2D eigenvalue weighted by atomic mass is 10.1. The minimum absolute atomic E-state index is 0.0146. The molecule has 0 atom stereocenters. The van der Waals surface area contributed by atoms with E-state index in [1.807, 2.05) is 0 Å². The first-order chi connectivity index (χ1) is 18.7. The molecule has 1 heterocycles. The van der Waals surface area contributed by atoms with Crippen molar-refractivity contribution in [2.75, 3.05) is 12.0 Å². The summed E-state index contributed by atoms with van der Waals surface area (Å²) in [5, 5.41) is 13.1. The van der Waals surface area contributed by atoms with Crippen molar-refractivity contribution in [1.82, 2.24) is 5.32 Å². The normalized spacial score (nSPS) is 14.5. The Morgan fingerprint density at radius 2 is 1.79 bits per heavy atom. The number of benzene rings is 3. The SMILES string of the molecule is COc1ccccc1N1C(=O)NC(=O)/C(=C/c2cc(Br)ccc2OC(=O)/C=C/c2cccc([N+](=O)[O-])c2)C1=O. The van der Waals surface area contributed by atoms with Crippen LogP contribution < -0.4 is 19.7 Å². The third-order valence-electron chi connectivity index (χ3n) is 5.40. The van der Waals surface area contributed by atoms with Gasteiger partial charge >= 0.3 is 12.0 Å². The molecule has 0 spiro atoms. The molecule has 11 nitrogen and oxygen atoms in total. The number of carbonyl (C=O) groups excluding carboxylic acids is 4. The standard InChI is InChI=1S/C27H18BrN3O8/c1-38-23-8-3-2-7-21(23)30-26(34)20(25(33)29-27(30)35)15-17-14-18(28)10-11-22(17)39-24(32)12-9-16-5-4-6-19(13-16)31(36)37/h2-15H,1H3,(H,29,33,35)/b12-9+,20-15-. The molecule has 196 valence electrons. The fourth-order valence-corrected chi connectivity index (χ4v) is 4.00. The number of nitrogens with one attached hydrogen (secondary N) is 1. The molecule has 1 saturated heterocycles. The van der Waals surface area contributed by atoms with Crippen LogP contribution in [-0.4, -0.2) is 35.8 Å². The summed E-state index contributed by atoms with van der Waals surface area (Å²) >= 11 is 3.31. The molecule has 1 aliphatic rings. The first-order valence-electron chi connectivity index (χ1n) is 11.2.